The molecular formula is C26H27F2N5O5. The summed E-state index contributed by atoms with van der Waals surface area (Å²) in [5, 5.41) is 19.4. The molecule has 0 saturated heterocycles. The fraction of sp³-hybridized carbons (Fsp3) is 0.423. The van der Waals surface area contributed by atoms with Gasteiger partial charge in [-0.1, -0.05) is 12.1 Å². The van der Waals surface area contributed by atoms with Gasteiger partial charge in [0, 0.05) is 25.2 Å². The third kappa shape index (κ3) is 5.02. The van der Waals surface area contributed by atoms with E-state index in [1.807, 2.05) is 0 Å². The van der Waals surface area contributed by atoms with Crippen LogP contribution in [0.1, 0.15) is 65.1 Å². The highest BCUT2D eigenvalue weighted by Crippen LogP contribution is 2.56. The molecule has 0 aliphatic heterocycles. The zero-order valence-corrected chi connectivity index (χ0v) is 20.5. The Hall–Kier alpha value is -4.09. The van der Waals surface area contributed by atoms with Crippen LogP contribution in [-0.2, 0) is 11.3 Å². The number of carboxylic acid groups (broad SMARTS) is 1. The predicted octanol–water partition coefficient (Wildman–Crippen LogP) is 3.42. The van der Waals surface area contributed by atoms with E-state index < -0.39 is 29.8 Å². The zero-order chi connectivity index (χ0) is 26.9. The van der Waals surface area contributed by atoms with Crippen molar-refractivity contribution in [1.82, 2.24) is 25.2 Å². The molecule has 2 heterocycles. The molecule has 1 aromatic carbocycles. The number of rotatable bonds is 9. The summed E-state index contributed by atoms with van der Waals surface area (Å²) >= 11 is 0. The van der Waals surface area contributed by atoms with Gasteiger partial charge in [-0.3, -0.25) is 14.4 Å². The normalized spacial score (nSPS) is 22.4. The molecule has 6 rings (SSSR count). The van der Waals surface area contributed by atoms with E-state index in [1.165, 1.54) is 35.0 Å². The maximum absolute atomic E-state index is 13.2. The van der Waals surface area contributed by atoms with E-state index in [4.69, 9.17) is 0 Å². The Morgan fingerprint density at radius 1 is 1.03 bits per heavy atom. The molecule has 3 fully saturated rings. The van der Waals surface area contributed by atoms with Crippen LogP contribution in [0.3, 0.4) is 0 Å². The molecule has 0 atom stereocenters. The smallest absolute Gasteiger partial charge is 0.387 e. The summed E-state index contributed by atoms with van der Waals surface area (Å²) in [4.78, 5) is 42.1. The molecule has 3 aromatic rings. The van der Waals surface area contributed by atoms with E-state index in [0.29, 0.717) is 37.0 Å². The first-order valence-electron chi connectivity index (χ1n) is 12.4. The fourth-order valence-electron chi connectivity index (χ4n) is 5.50. The van der Waals surface area contributed by atoms with E-state index in [1.54, 1.807) is 12.1 Å². The second kappa shape index (κ2) is 9.99. The number of hydrogen-bond donors (Lipinski definition) is 3. The minimum Gasteiger partial charge on any atom is -0.481 e. The number of benzene rings is 1. The molecule has 38 heavy (non-hydrogen) atoms. The average molecular weight is 528 g/mol. The molecule has 10 nitrogen and oxygen atoms in total. The molecule has 3 aliphatic rings. The molecule has 3 N–H and O–H groups in total. The Labute approximate surface area is 216 Å². The van der Waals surface area contributed by atoms with Crippen molar-refractivity contribution in [2.45, 2.75) is 51.7 Å². The van der Waals surface area contributed by atoms with E-state index in [0.717, 1.165) is 19.3 Å². The first-order chi connectivity index (χ1) is 18.2. The van der Waals surface area contributed by atoms with Gasteiger partial charge in [-0.25, -0.2) is 9.50 Å². The first-order valence-corrected chi connectivity index (χ1v) is 12.4. The SMILES string of the molecule is O=C(NCc1cccc(OC(F)F)c1)c1cc(C(=O)NCC23CCC(C(=O)O)(CC2)CC3)n2nccc2n1. The van der Waals surface area contributed by atoms with E-state index in [-0.39, 0.29) is 29.1 Å². The van der Waals surface area contributed by atoms with Gasteiger partial charge in [0.1, 0.15) is 17.1 Å². The quantitative estimate of drug-likeness (QED) is 0.388. The molecule has 0 spiro atoms. The number of nitrogens with zero attached hydrogens (tertiary/aromatic N) is 3. The van der Waals surface area contributed by atoms with Crippen LogP contribution in [-0.4, -0.2) is 50.6 Å². The molecule has 0 radical (unpaired) electrons. The molecule has 2 aromatic heterocycles. The van der Waals surface area contributed by atoms with Gasteiger partial charge in [-0.05, 0) is 61.6 Å². The van der Waals surface area contributed by atoms with Crippen molar-refractivity contribution >= 4 is 23.4 Å². The van der Waals surface area contributed by atoms with Crippen LogP contribution in [0, 0.1) is 10.8 Å². The van der Waals surface area contributed by atoms with Gasteiger partial charge >= 0.3 is 12.6 Å². The second-order valence-corrected chi connectivity index (χ2v) is 10.1. The standard InChI is InChI=1S/C26H27F2N5O5/c27-24(28)38-17-3-1-2-16(12-17)14-29-21(34)18-13-19(33-20(32-18)4-11-31-33)22(35)30-15-25-5-8-26(9-6-25,10-7-25)23(36)37/h1-4,11-13,24H,5-10,14-15H2,(H,29,34)(H,30,35)(H,36,37). The average Bonchev–Trinajstić information content (AvgIpc) is 3.39. The van der Waals surface area contributed by atoms with Crippen LogP contribution in [0.15, 0.2) is 42.6 Å². The van der Waals surface area contributed by atoms with Crippen molar-refractivity contribution in [3.05, 3.63) is 59.5 Å². The van der Waals surface area contributed by atoms with Crippen LogP contribution in [0.2, 0.25) is 0 Å². The largest absolute Gasteiger partial charge is 0.481 e. The monoisotopic (exact) mass is 527 g/mol. The van der Waals surface area contributed by atoms with Gasteiger partial charge in [0.05, 0.1) is 11.6 Å². The summed E-state index contributed by atoms with van der Waals surface area (Å²) in [6, 6.07) is 8.91. The number of carbonyl (C=O) groups is 3. The lowest BCUT2D eigenvalue weighted by atomic mass is 9.53. The maximum atomic E-state index is 13.2. The first kappa shape index (κ1) is 25.6. The van der Waals surface area contributed by atoms with Gasteiger partial charge in [0.15, 0.2) is 5.65 Å². The number of alkyl halides is 2. The minimum absolute atomic E-state index is 0.00266. The molecule has 3 aliphatic carbocycles. The van der Waals surface area contributed by atoms with Crippen molar-refractivity contribution in [3.8, 4) is 5.75 Å². The lowest BCUT2D eigenvalue weighted by Crippen LogP contribution is -2.50. The number of fused-ring (bicyclic) bond motifs is 4. The zero-order valence-electron chi connectivity index (χ0n) is 20.5. The van der Waals surface area contributed by atoms with Crippen molar-refractivity contribution in [2.75, 3.05) is 6.54 Å². The van der Waals surface area contributed by atoms with Gasteiger partial charge in [0.2, 0.25) is 0 Å². The van der Waals surface area contributed by atoms with Crippen LogP contribution in [0.4, 0.5) is 8.78 Å². The molecule has 3 saturated carbocycles. The topological polar surface area (TPSA) is 135 Å². The molecule has 2 bridgehead atoms. The number of halogens is 2. The fourth-order valence-corrected chi connectivity index (χ4v) is 5.50. The molecule has 12 heteroatoms. The summed E-state index contributed by atoms with van der Waals surface area (Å²) in [6.45, 7) is -2.51. The predicted molar refractivity (Wildman–Crippen MR) is 130 cm³/mol. The summed E-state index contributed by atoms with van der Waals surface area (Å²) in [5.41, 5.74) is 0.243. The molecule has 2 amide bonds. The van der Waals surface area contributed by atoms with Crippen LogP contribution in [0.5, 0.6) is 5.75 Å². The number of carboxylic acids is 1. The summed E-state index contributed by atoms with van der Waals surface area (Å²) in [5.74, 6) is -1.71. The highest BCUT2D eigenvalue weighted by Gasteiger charge is 2.52. The maximum Gasteiger partial charge on any atom is 0.387 e. The van der Waals surface area contributed by atoms with Crippen molar-refractivity contribution in [1.29, 1.82) is 0 Å². The summed E-state index contributed by atoms with van der Waals surface area (Å²) in [7, 11) is 0. The van der Waals surface area contributed by atoms with Crippen LogP contribution >= 0.6 is 0 Å². The Morgan fingerprint density at radius 3 is 2.45 bits per heavy atom. The lowest BCUT2D eigenvalue weighted by Gasteiger charge is -2.51. The number of amides is 2. The summed E-state index contributed by atoms with van der Waals surface area (Å²) in [6.07, 6.45) is 5.52. The van der Waals surface area contributed by atoms with Crippen molar-refractivity contribution in [3.63, 3.8) is 0 Å². The highest BCUT2D eigenvalue weighted by molar-refractivity contribution is 5.98. The second-order valence-electron chi connectivity index (χ2n) is 10.1. The van der Waals surface area contributed by atoms with Crippen molar-refractivity contribution < 1.29 is 33.0 Å². The number of aliphatic carboxylic acids is 1. The Kier molecular flexibility index (Phi) is 6.72. The lowest BCUT2D eigenvalue weighted by molar-refractivity contribution is -0.158. The minimum atomic E-state index is -2.95. The Morgan fingerprint density at radius 2 is 1.76 bits per heavy atom. The number of hydrogen-bond acceptors (Lipinski definition) is 6. The molecule has 0 unspecified atom stereocenters. The number of nitrogens with one attached hydrogen (secondary N) is 2. The molecule has 200 valence electrons. The number of ether oxygens (including phenoxy) is 1. The summed E-state index contributed by atoms with van der Waals surface area (Å²) < 4.78 is 30.7. The van der Waals surface area contributed by atoms with Gasteiger partial charge in [-0.2, -0.15) is 13.9 Å². The third-order valence-corrected chi connectivity index (χ3v) is 7.88. The van der Waals surface area contributed by atoms with E-state index in [2.05, 4.69) is 25.5 Å². The van der Waals surface area contributed by atoms with Crippen molar-refractivity contribution in [2.24, 2.45) is 10.8 Å². The highest BCUT2D eigenvalue weighted by atomic mass is 19.3. The van der Waals surface area contributed by atoms with Gasteiger partial charge < -0.3 is 20.5 Å². The van der Waals surface area contributed by atoms with Gasteiger partial charge in [0.25, 0.3) is 11.8 Å². The Balaban J connectivity index is 1.27. The van der Waals surface area contributed by atoms with E-state index in [9.17, 15) is 28.3 Å². The number of aromatic nitrogens is 3. The van der Waals surface area contributed by atoms with Crippen LogP contribution in [0.25, 0.3) is 5.65 Å². The number of carbonyl (C=O) groups excluding carboxylic acids is 2. The van der Waals surface area contributed by atoms with E-state index >= 15 is 0 Å². The Bertz CT molecular complexity index is 1370. The van der Waals surface area contributed by atoms with Crippen LogP contribution < -0.4 is 15.4 Å². The third-order valence-electron chi connectivity index (χ3n) is 7.88. The van der Waals surface area contributed by atoms with Gasteiger partial charge in [-0.15, -0.1) is 0 Å². The molecular weight excluding hydrogens is 500 g/mol.